The summed E-state index contributed by atoms with van der Waals surface area (Å²) in [5.74, 6) is -3.75. The molecule has 4 atom stereocenters. The van der Waals surface area contributed by atoms with Gasteiger partial charge in [-0.15, -0.1) is 0 Å². The molecule has 4 unspecified atom stereocenters. The number of aromatic nitrogens is 1. The molecule has 0 aliphatic carbocycles. The Hall–Kier alpha value is -3.97. The first-order valence-corrected chi connectivity index (χ1v) is 13.9. The molecule has 1 aromatic carbocycles. The molecule has 13 heteroatoms. The molecule has 0 radical (unpaired) electrons. The van der Waals surface area contributed by atoms with Crippen molar-refractivity contribution >= 4 is 40.5 Å². The van der Waals surface area contributed by atoms with Crippen molar-refractivity contribution in [1.82, 2.24) is 20.9 Å². The van der Waals surface area contributed by atoms with Gasteiger partial charge in [-0.3, -0.25) is 19.2 Å². The lowest BCUT2D eigenvalue weighted by Gasteiger charge is -2.25. The van der Waals surface area contributed by atoms with Gasteiger partial charge in [-0.1, -0.05) is 32.0 Å². The van der Waals surface area contributed by atoms with Gasteiger partial charge in [0.15, 0.2) is 0 Å². The van der Waals surface area contributed by atoms with Crippen LogP contribution in [0.3, 0.4) is 0 Å². The highest BCUT2D eigenvalue weighted by Crippen LogP contribution is 2.19. The van der Waals surface area contributed by atoms with Crippen LogP contribution in [0.1, 0.15) is 57.9 Å². The van der Waals surface area contributed by atoms with Gasteiger partial charge < -0.3 is 43.2 Å². The summed E-state index contributed by atoms with van der Waals surface area (Å²) in [5, 5.41) is 18.2. The van der Waals surface area contributed by atoms with Crippen molar-refractivity contribution < 1.29 is 29.1 Å². The molecular weight excluding hydrogens is 530 g/mol. The minimum atomic E-state index is -1.38. The van der Waals surface area contributed by atoms with E-state index in [0.717, 1.165) is 16.5 Å². The Bertz CT molecular complexity index is 1200. The Morgan fingerprint density at radius 3 is 2.17 bits per heavy atom. The van der Waals surface area contributed by atoms with Crippen LogP contribution in [-0.2, 0) is 30.4 Å². The quantitative estimate of drug-likeness (QED) is 0.113. The third-order valence-electron chi connectivity index (χ3n) is 6.67. The average Bonchev–Trinajstić information content (AvgIpc) is 3.31. The maximum Gasteiger partial charge on any atom is 0.326 e. The maximum atomic E-state index is 13.6. The van der Waals surface area contributed by atoms with Crippen molar-refractivity contribution in [2.24, 2.45) is 23.1 Å². The number of nitrogens with one attached hydrogen (secondary N) is 4. The number of primary amides is 1. The molecule has 0 aliphatic rings. The number of benzene rings is 1. The van der Waals surface area contributed by atoms with Gasteiger partial charge >= 0.3 is 5.97 Å². The standard InChI is InChI=1S/C28H43N7O6/c1-16(2)13-19(30)25(37)35-23(14-17-15-32-20-8-4-3-7-18(17)20)27(39)33-21(9-5-6-12-29)26(38)34-22(28(40)41)10-11-24(31)36/h3-4,7-8,15-16,19,21-23,32H,5-6,9-14,29-30H2,1-2H3,(H2,31,36)(H,33,39)(H,34,38)(H,35,37)(H,40,41). The monoisotopic (exact) mass is 573 g/mol. The van der Waals surface area contributed by atoms with Gasteiger partial charge in [0.05, 0.1) is 6.04 Å². The van der Waals surface area contributed by atoms with Crippen LogP contribution in [0.5, 0.6) is 0 Å². The Morgan fingerprint density at radius 2 is 1.54 bits per heavy atom. The van der Waals surface area contributed by atoms with Crippen molar-refractivity contribution in [3.8, 4) is 0 Å². The van der Waals surface area contributed by atoms with Gasteiger partial charge in [0.1, 0.15) is 18.1 Å². The fourth-order valence-corrected chi connectivity index (χ4v) is 4.47. The van der Waals surface area contributed by atoms with E-state index in [2.05, 4.69) is 20.9 Å². The number of nitrogens with two attached hydrogens (primary N) is 3. The van der Waals surface area contributed by atoms with E-state index in [4.69, 9.17) is 17.2 Å². The largest absolute Gasteiger partial charge is 0.480 e. The van der Waals surface area contributed by atoms with Crippen LogP contribution in [0.15, 0.2) is 30.5 Å². The van der Waals surface area contributed by atoms with Crippen LogP contribution in [0.25, 0.3) is 10.9 Å². The highest BCUT2D eigenvalue weighted by Gasteiger charge is 2.31. The van der Waals surface area contributed by atoms with E-state index in [1.54, 1.807) is 6.20 Å². The Labute approximate surface area is 239 Å². The number of aliphatic carboxylic acids is 1. The highest BCUT2D eigenvalue weighted by atomic mass is 16.4. The van der Waals surface area contributed by atoms with Crippen LogP contribution in [0.2, 0.25) is 0 Å². The fourth-order valence-electron chi connectivity index (χ4n) is 4.47. The minimum Gasteiger partial charge on any atom is -0.480 e. The average molecular weight is 574 g/mol. The van der Waals surface area contributed by atoms with Crippen LogP contribution in [-0.4, -0.2) is 70.4 Å². The van der Waals surface area contributed by atoms with Crippen molar-refractivity contribution in [3.63, 3.8) is 0 Å². The van der Waals surface area contributed by atoms with E-state index < -0.39 is 53.8 Å². The summed E-state index contributed by atoms with van der Waals surface area (Å²) < 4.78 is 0. The zero-order valence-electron chi connectivity index (χ0n) is 23.7. The number of fused-ring (bicyclic) bond motifs is 1. The third-order valence-corrected chi connectivity index (χ3v) is 6.67. The van der Waals surface area contributed by atoms with Crippen molar-refractivity contribution in [1.29, 1.82) is 0 Å². The molecule has 0 saturated carbocycles. The number of carboxylic acid groups (broad SMARTS) is 1. The molecule has 41 heavy (non-hydrogen) atoms. The van der Waals surface area contributed by atoms with Crippen molar-refractivity contribution in [2.45, 2.75) is 83.0 Å². The molecule has 2 aromatic rings. The van der Waals surface area contributed by atoms with Gasteiger partial charge in [0.25, 0.3) is 0 Å². The first kappa shape index (κ1) is 33.2. The van der Waals surface area contributed by atoms with E-state index in [1.165, 1.54) is 0 Å². The summed E-state index contributed by atoms with van der Waals surface area (Å²) in [5.41, 5.74) is 18.4. The smallest absolute Gasteiger partial charge is 0.326 e. The van der Waals surface area contributed by atoms with E-state index in [0.29, 0.717) is 25.8 Å². The lowest BCUT2D eigenvalue weighted by atomic mass is 10.0. The normalized spacial score (nSPS) is 14.2. The fraction of sp³-hybridized carbons (Fsp3) is 0.536. The summed E-state index contributed by atoms with van der Waals surface area (Å²) in [6.45, 7) is 4.23. The molecule has 0 saturated heterocycles. The Kier molecular flexibility index (Phi) is 13.2. The van der Waals surface area contributed by atoms with Gasteiger partial charge in [-0.25, -0.2) is 4.79 Å². The summed E-state index contributed by atoms with van der Waals surface area (Å²) in [7, 11) is 0. The van der Waals surface area contributed by atoms with Gasteiger partial charge in [0.2, 0.25) is 23.6 Å². The number of carboxylic acids is 1. The van der Waals surface area contributed by atoms with E-state index in [9.17, 15) is 29.1 Å². The van der Waals surface area contributed by atoms with E-state index in [-0.39, 0.29) is 31.6 Å². The zero-order valence-corrected chi connectivity index (χ0v) is 23.7. The molecular formula is C28H43N7O6. The number of amides is 4. The molecule has 11 N–H and O–H groups in total. The molecule has 0 aliphatic heterocycles. The second-order valence-corrected chi connectivity index (χ2v) is 10.6. The maximum absolute atomic E-state index is 13.6. The number of aromatic amines is 1. The summed E-state index contributed by atoms with van der Waals surface area (Å²) in [6, 6.07) is 3.12. The molecule has 226 valence electrons. The molecule has 1 heterocycles. The Balaban J connectivity index is 2.29. The summed E-state index contributed by atoms with van der Waals surface area (Å²) >= 11 is 0. The topological polar surface area (TPSA) is 236 Å². The summed E-state index contributed by atoms with van der Waals surface area (Å²) in [6.07, 6.45) is 3.08. The lowest BCUT2D eigenvalue weighted by molar-refractivity contribution is -0.142. The third kappa shape index (κ3) is 10.8. The molecule has 0 spiro atoms. The number of hydrogen-bond donors (Lipinski definition) is 8. The van der Waals surface area contributed by atoms with Crippen LogP contribution in [0.4, 0.5) is 0 Å². The van der Waals surface area contributed by atoms with E-state index in [1.807, 2.05) is 38.1 Å². The van der Waals surface area contributed by atoms with Gasteiger partial charge in [0, 0.05) is 29.9 Å². The molecule has 2 rings (SSSR count). The molecule has 13 nitrogen and oxygen atoms in total. The Morgan fingerprint density at radius 1 is 0.902 bits per heavy atom. The van der Waals surface area contributed by atoms with Crippen LogP contribution >= 0.6 is 0 Å². The SMILES string of the molecule is CC(C)CC(N)C(=O)NC(Cc1c[nH]c2ccccc12)C(=O)NC(CCCCN)C(=O)NC(CCC(N)=O)C(=O)O. The van der Waals surface area contributed by atoms with Crippen molar-refractivity contribution in [2.75, 3.05) is 6.54 Å². The second-order valence-electron chi connectivity index (χ2n) is 10.6. The predicted octanol–water partition coefficient (Wildman–Crippen LogP) is 0.0173. The van der Waals surface area contributed by atoms with Crippen LogP contribution in [0, 0.1) is 5.92 Å². The molecule has 0 bridgehead atoms. The molecule has 4 amide bonds. The predicted molar refractivity (Wildman–Crippen MR) is 154 cm³/mol. The number of carbonyl (C=O) groups excluding carboxylic acids is 4. The number of unbranched alkanes of at least 4 members (excludes halogenated alkanes) is 1. The second kappa shape index (κ2) is 16.3. The summed E-state index contributed by atoms with van der Waals surface area (Å²) in [4.78, 5) is 65.7. The lowest BCUT2D eigenvalue weighted by Crippen LogP contribution is -2.57. The first-order chi connectivity index (χ1) is 19.4. The number of hydrogen-bond acceptors (Lipinski definition) is 7. The number of rotatable bonds is 18. The first-order valence-electron chi connectivity index (χ1n) is 13.9. The minimum absolute atomic E-state index is 0.115. The van der Waals surface area contributed by atoms with Crippen LogP contribution < -0.4 is 33.2 Å². The molecule has 1 aromatic heterocycles. The molecule has 0 fully saturated rings. The number of para-hydroxylation sites is 1. The van der Waals surface area contributed by atoms with Gasteiger partial charge in [-0.05, 0) is 56.2 Å². The zero-order chi connectivity index (χ0) is 30.5. The number of carbonyl (C=O) groups is 5. The van der Waals surface area contributed by atoms with Gasteiger partial charge in [-0.2, -0.15) is 0 Å². The van der Waals surface area contributed by atoms with E-state index >= 15 is 0 Å². The van der Waals surface area contributed by atoms with Crippen molar-refractivity contribution in [3.05, 3.63) is 36.0 Å². The highest BCUT2D eigenvalue weighted by molar-refractivity contribution is 5.95. The number of H-pyrrole nitrogens is 1.